The Labute approximate surface area is 129 Å². The molecule has 0 unspecified atom stereocenters. The van der Waals surface area contributed by atoms with Gasteiger partial charge < -0.3 is 10.1 Å². The van der Waals surface area contributed by atoms with Gasteiger partial charge in [-0.15, -0.1) is 13.2 Å². The van der Waals surface area contributed by atoms with E-state index in [1.54, 1.807) is 12.1 Å². The van der Waals surface area contributed by atoms with E-state index >= 15 is 0 Å². The molecule has 0 saturated heterocycles. The van der Waals surface area contributed by atoms with E-state index in [9.17, 15) is 18.0 Å². The van der Waals surface area contributed by atoms with Gasteiger partial charge in [0, 0.05) is 23.7 Å². The van der Waals surface area contributed by atoms with Crippen LogP contribution < -0.4 is 10.1 Å². The SMILES string of the molecule is O=C(NCc1ccccc1OC(F)(F)F)c1cc(C2CC2)[nH]n1. The summed E-state index contributed by atoms with van der Waals surface area (Å²) in [6.45, 7) is -0.0866. The molecule has 122 valence electrons. The first-order valence-electron chi connectivity index (χ1n) is 7.09. The summed E-state index contributed by atoms with van der Waals surface area (Å²) >= 11 is 0. The third kappa shape index (κ3) is 4.02. The summed E-state index contributed by atoms with van der Waals surface area (Å²) in [7, 11) is 0. The molecule has 2 aromatic rings. The highest BCUT2D eigenvalue weighted by molar-refractivity contribution is 5.92. The molecule has 3 rings (SSSR count). The first kappa shape index (κ1) is 15.4. The van der Waals surface area contributed by atoms with Crippen molar-refractivity contribution in [3.05, 3.63) is 47.3 Å². The summed E-state index contributed by atoms with van der Waals surface area (Å²) < 4.78 is 41.0. The Hall–Kier alpha value is -2.51. The van der Waals surface area contributed by atoms with Crippen LogP contribution in [0, 0.1) is 0 Å². The van der Waals surface area contributed by atoms with E-state index in [1.165, 1.54) is 18.2 Å². The molecule has 1 heterocycles. The number of amides is 1. The van der Waals surface area contributed by atoms with Gasteiger partial charge in [0.25, 0.3) is 5.91 Å². The van der Waals surface area contributed by atoms with Gasteiger partial charge in [-0.3, -0.25) is 9.89 Å². The lowest BCUT2D eigenvalue weighted by Crippen LogP contribution is -2.24. The second kappa shape index (κ2) is 5.94. The Bertz CT molecular complexity index is 708. The van der Waals surface area contributed by atoms with Crippen LogP contribution in [0.3, 0.4) is 0 Å². The highest BCUT2D eigenvalue weighted by Crippen LogP contribution is 2.39. The van der Waals surface area contributed by atoms with Gasteiger partial charge in [-0.05, 0) is 25.0 Å². The van der Waals surface area contributed by atoms with Crippen molar-refractivity contribution in [3.63, 3.8) is 0 Å². The molecular formula is C15H14F3N3O2. The number of aromatic amines is 1. The van der Waals surface area contributed by atoms with Gasteiger partial charge in [-0.2, -0.15) is 5.10 Å². The topological polar surface area (TPSA) is 67.0 Å². The number of ether oxygens (including phenoxy) is 1. The van der Waals surface area contributed by atoms with Gasteiger partial charge >= 0.3 is 6.36 Å². The lowest BCUT2D eigenvalue weighted by Gasteiger charge is -2.13. The molecule has 0 bridgehead atoms. The quantitative estimate of drug-likeness (QED) is 0.887. The van der Waals surface area contributed by atoms with Crippen molar-refractivity contribution in [1.29, 1.82) is 0 Å². The van der Waals surface area contributed by atoms with Crippen molar-refractivity contribution >= 4 is 5.91 Å². The van der Waals surface area contributed by atoms with Gasteiger partial charge in [0.15, 0.2) is 0 Å². The number of nitrogens with zero attached hydrogens (tertiary/aromatic N) is 1. The molecule has 8 heteroatoms. The number of para-hydroxylation sites is 1. The fraction of sp³-hybridized carbons (Fsp3) is 0.333. The first-order valence-corrected chi connectivity index (χ1v) is 7.09. The van der Waals surface area contributed by atoms with Gasteiger partial charge in [0.2, 0.25) is 0 Å². The minimum atomic E-state index is -4.78. The molecule has 0 radical (unpaired) electrons. The van der Waals surface area contributed by atoms with Crippen molar-refractivity contribution < 1.29 is 22.7 Å². The number of hydrogen-bond donors (Lipinski definition) is 2. The number of aromatic nitrogens is 2. The number of alkyl halides is 3. The van der Waals surface area contributed by atoms with Crippen LogP contribution >= 0.6 is 0 Å². The van der Waals surface area contributed by atoms with Crippen molar-refractivity contribution in [2.75, 3.05) is 0 Å². The standard InChI is InChI=1S/C15H14F3N3O2/c16-15(17,18)23-13-4-2-1-3-10(13)8-19-14(22)12-7-11(20-21-12)9-5-6-9/h1-4,7,9H,5-6,8H2,(H,19,22)(H,20,21). The second-order valence-electron chi connectivity index (χ2n) is 5.32. The third-order valence-electron chi connectivity index (χ3n) is 3.49. The van der Waals surface area contributed by atoms with Crippen molar-refractivity contribution in [3.8, 4) is 5.75 Å². The molecule has 1 aromatic heterocycles. The molecular weight excluding hydrogens is 311 g/mol. The fourth-order valence-corrected chi connectivity index (χ4v) is 2.20. The zero-order valence-electron chi connectivity index (χ0n) is 12.0. The average molecular weight is 325 g/mol. The highest BCUT2D eigenvalue weighted by atomic mass is 19.4. The Balaban J connectivity index is 1.64. The average Bonchev–Trinajstić information content (AvgIpc) is 3.22. The predicted octanol–water partition coefficient (Wildman–Crippen LogP) is 3.12. The Morgan fingerprint density at radius 1 is 1.35 bits per heavy atom. The minimum Gasteiger partial charge on any atom is -0.405 e. The summed E-state index contributed by atoms with van der Waals surface area (Å²) in [5.41, 5.74) is 1.37. The normalized spacial score (nSPS) is 14.6. The van der Waals surface area contributed by atoms with Crippen LogP contribution in [0.25, 0.3) is 0 Å². The lowest BCUT2D eigenvalue weighted by molar-refractivity contribution is -0.274. The molecule has 0 spiro atoms. The van der Waals surface area contributed by atoms with E-state index < -0.39 is 12.3 Å². The van der Waals surface area contributed by atoms with E-state index in [2.05, 4.69) is 20.3 Å². The van der Waals surface area contributed by atoms with Crippen LogP contribution in [0.5, 0.6) is 5.75 Å². The molecule has 1 aliphatic carbocycles. The zero-order valence-corrected chi connectivity index (χ0v) is 12.0. The molecule has 1 aliphatic rings. The summed E-state index contributed by atoms with van der Waals surface area (Å²) in [5, 5.41) is 9.27. The fourth-order valence-electron chi connectivity index (χ4n) is 2.20. The van der Waals surface area contributed by atoms with Crippen LogP contribution in [0.2, 0.25) is 0 Å². The largest absolute Gasteiger partial charge is 0.573 e. The summed E-state index contributed by atoms with van der Waals surface area (Å²) in [6, 6.07) is 7.34. The number of nitrogens with one attached hydrogen (secondary N) is 2. The molecule has 1 amide bonds. The molecule has 23 heavy (non-hydrogen) atoms. The number of halogens is 3. The van der Waals surface area contributed by atoms with E-state index in [0.29, 0.717) is 5.92 Å². The van der Waals surface area contributed by atoms with E-state index in [4.69, 9.17) is 0 Å². The Kier molecular flexibility index (Phi) is 3.97. The van der Waals surface area contributed by atoms with E-state index in [0.717, 1.165) is 18.5 Å². The van der Waals surface area contributed by atoms with Crippen molar-refractivity contribution in [2.24, 2.45) is 0 Å². The number of benzene rings is 1. The lowest BCUT2D eigenvalue weighted by atomic mass is 10.2. The van der Waals surface area contributed by atoms with Crippen molar-refractivity contribution in [2.45, 2.75) is 31.7 Å². The first-order chi connectivity index (χ1) is 10.9. The summed E-state index contributed by atoms with van der Waals surface area (Å²) in [6.07, 6.45) is -2.63. The molecule has 0 atom stereocenters. The van der Waals surface area contributed by atoms with Gasteiger partial charge in [0.1, 0.15) is 11.4 Å². The molecule has 1 fully saturated rings. The van der Waals surface area contributed by atoms with Crippen LogP contribution in [0.4, 0.5) is 13.2 Å². The van der Waals surface area contributed by atoms with Crippen LogP contribution in [0.15, 0.2) is 30.3 Å². The third-order valence-corrected chi connectivity index (χ3v) is 3.49. The summed E-state index contributed by atoms with van der Waals surface area (Å²) in [4.78, 5) is 12.0. The maximum absolute atomic E-state index is 12.3. The predicted molar refractivity (Wildman–Crippen MR) is 74.9 cm³/mol. The number of carbonyl (C=O) groups excluding carboxylic acids is 1. The Morgan fingerprint density at radius 3 is 2.78 bits per heavy atom. The molecule has 2 N–H and O–H groups in total. The zero-order chi connectivity index (χ0) is 16.4. The maximum Gasteiger partial charge on any atom is 0.573 e. The number of carbonyl (C=O) groups is 1. The van der Waals surface area contributed by atoms with E-state index in [1.807, 2.05) is 0 Å². The number of hydrogen-bond acceptors (Lipinski definition) is 3. The smallest absolute Gasteiger partial charge is 0.405 e. The van der Waals surface area contributed by atoms with Crippen LogP contribution in [-0.4, -0.2) is 22.5 Å². The minimum absolute atomic E-state index is 0.0866. The number of rotatable bonds is 5. The highest BCUT2D eigenvalue weighted by Gasteiger charge is 2.32. The molecule has 5 nitrogen and oxygen atoms in total. The van der Waals surface area contributed by atoms with Crippen LogP contribution in [-0.2, 0) is 6.54 Å². The van der Waals surface area contributed by atoms with Crippen LogP contribution in [0.1, 0.15) is 40.5 Å². The molecule has 0 aliphatic heterocycles. The molecule has 1 aromatic carbocycles. The van der Waals surface area contributed by atoms with Gasteiger partial charge in [-0.25, -0.2) is 0 Å². The van der Waals surface area contributed by atoms with Crippen molar-refractivity contribution in [1.82, 2.24) is 15.5 Å². The summed E-state index contributed by atoms with van der Waals surface area (Å²) in [5.74, 6) is -0.346. The van der Waals surface area contributed by atoms with Gasteiger partial charge in [0.05, 0.1) is 0 Å². The molecule has 1 saturated carbocycles. The maximum atomic E-state index is 12.3. The second-order valence-corrected chi connectivity index (χ2v) is 5.32. The monoisotopic (exact) mass is 325 g/mol. The van der Waals surface area contributed by atoms with Gasteiger partial charge in [-0.1, -0.05) is 18.2 Å². The number of H-pyrrole nitrogens is 1. The Morgan fingerprint density at radius 2 is 2.09 bits per heavy atom. The van der Waals surface area contributed by atoms with E-state index in [-0.39, 0.29) is 23.6 Å².